The lowest BCUT2D eigenvalue weighted by Crippen LogP contribution is -2.33. The summed E-state index contributed by atoms with van der Waals surface area (Å²) in [7, 11) is 0. The number of ether oxygens (including phenoxy) is 1. The van der Waals surface area contributed by atoms with Crippen LogP contribution < -0.4 is 0 Å². The Morgan fingerprint density at radius 3 is 2.67 bits per heavy atom. The third-order valence-corrected chi connectivity index (χ3v) is 5.69. The van der Waals surface area contributed by atoms with E-state index in [1.54, 1.807) is 12.1 Å². The predicted octanol–water partition coefficient (Wildman–Crippen LogP) is 5.57. The smallest absolute Gasteiger partial charge is 0.142 e. The summed E-state index contributed by atoms with van der Waals surface area (Å²) in [5, 5.41) is 0.227. The van der Waals surface area contributed by atoms with Crippen LogP contribution in [0.25, 0.3) is 0 Å². The second-order valence-electron chi connectivity index (χ2n) is 6.59. The predicted molar refractivity (Wildman–Crippen MR) is 84.2 cm³/mol. The lowest BCUT2D eigenvalue weighted by Gasteiger charge is -2.42. The largest absolute Gasteiger partial charge is 0.378 e. The van der Waals surface area contributed by atoms with Gasteiger partial charge in [-0.25, -0.2) is 4.39 Å². The van der Waals surface area contributed by atoms with Crippen LogP contribution in [0, 0.1) is 17.7 Å². The van der Waals surface area contributed by atoms with E-state index in [1.165, 1.54) is 38.5 Å². The molecule has 0 amide bonds. The molecule has 0 heterocycles. The van der Waals surface area contributed by atoms with Crippen molar-refractivity contribution in [1.82, 2.24) is 0 Å². The average molecular weight is 311 g/mol. The first-order valence-electron chi connectivity index (χ1n) is 8.24. The van der Waals surface area contributed by atoms with Gasteiger partial charge in [-0.15, -0.1) is 0 Å². The fourth-order valence-corrected chi connectivity index (χ4v) is 4.42. The van der Waals surface area contributed by atoms with Crippen molar-refractivity contribution in [2.75, 3.05) is 6.61 Å². The van der Waals surface area contributed by atoms with Crippen molar-refractivity contribution in [2.24, 2.45) is 11.8 Å². The first-order chi connectivity index (χ1) is 10.2. The molecule has 3 heteroatoms. The summed E-state index contributed by atoms with van der Waals surface area (Å²) in [5.41, 5.74) is 1.13. The molecule has 2 aliphatic rings. The molecule has 0 aliphatic heterocycles. The van der Waals surface area contributed by atoms with Crippen molar-refractivity contribution < 1.29 is 9.13 Å². The Balaban J connectivity index is 1.64. The van der Waals surface area contributed by atoms with E-state index in [0.717, 1.165) is 24.0 Å². The molecule has 4 unspecified atom stereocenters. The van der Waals surface area contributed by atoms with Crippen LogP contribution in [0.5, 0.6) is 0 Å². The van der Waals surface area contributed by atoms with E-state index in [0.29, 0.717) is 12.0 Å². The van der Waals surface area contributed by atoms with Crippen LogP contribution in [0.2, 0.25) is 5.02 Å². The van der Waals surface area contributed by atoms with Gasteiger partial charge < -0.3 is 4.74 Å². The molecule has 2 aliphatic carbocycles. The molecule has 0 spiro atoms. The van der Waals surface area contributed by atoms with Gasteiger partial charge in [0, 0.05) is 6.61 Å². The maximum absolute atomic E-state index is 13.7. The van der Waals surface area contributed by atoms with Crippen LogP contribution in [0.3, 0.4) is 0 Å². The number of rotatable bonds is 3. The quantitative estimate of drug-likeness (QED) is 0.709. The maximum Gasteiger partial charge on any atom is 0.142 e. The third-order valence-electron chi connectivity index (χ3n) is 5.38. The Bertz CT molecular complexity index is 490. The summed E-state index contributed by atoms with van der Waals surface area (Å²) in [6.45, 7) is 2.91. The number of fused-ring (bicyclic) bond motifs is 1. The molecule has 21 heavy (non-hydrogen) atoms. The minimum absolute atomic E-state index is 0.227. The van der Waals surface area contributed by atoms with Gasteiger partial charge >= 0.3 is 0 Å². The molecule has 3 rings (SSSR count). The molecular weight excluding hydrogens is 287 g/mol. The molecule has 1 aromatic rings. The number of hydrogen-bond donors (Lipinski definition) is 0. The molecule has 2 fully saturated rings. The van der Waals surface area contributed by atoms with Gasteiger partial charge in [0.25, 0.3) is 0 Å². The minimum Gasteiger partial charge on any atom is -0.378 e. The third kappa shape index (κ3) is 3.43. The van der Waals surface area contributed by atoms with E-state index in [9.17, 15) is 4.39 Å². The second kappa shape index (κ2) is 6.66. The summed E-state index contributed by atoms with van der Waals surface area (Å²) < 4.78 is 19.5. The minimum atomic E-state index is -0.281. The van der Waals surface area contributed by atoms with Crippen molar-refractivity contribution in [3.63, 3.8) is 0 Å². The normalized spacial score (nSPS) is 32.7. The van der Waals surface area contributed by atoms with Crippen LogP contribution >= 0.6 is 11.6 Å². The standard InChI is InChI=1S/C18H24ClFO/c1-2-21-16-7-5-13-9-12(3-4-14(13)10-16)15-6-8-17(19)18(20)11-15/h6,8,11-14,16H,2-5,7,9-10H2,1H3. The molecule has 0 radical (unpaired) electrons. The molecule has 0 bridgehead atoms. The number of hydrogen-bond acceptors (Lipinski definition) is 1. The van der Waals surface area contributed by atoms with E-state index in [4.69, 9.17) is 16.3 Å². The Kier molecular flexibility index (Phi) is 4.85. The summed E-state index contributed by atoms with van der Waals surface area (Å²) in [5.74, 6) is 1.82. The molecule has 0 saturated heterocycles. The average Bonchev–Trinajstić information content (AvgIpc) is 2.50. The molecule has 2 saturated carbocycles. The summed E-state index contributed by atoms with van der Waals surface area (Å²) in [6.07, 6.45) is 7.77. The van der Waals surface area contributed by atoms with Crippen molar-refractivity contribution in [3.8, 4) is 0 Å². The lowest BCUT2D eigenvalue weighted by molar-refractivity contribution is -0.00956. The fraction of sp³-hybridized carbons (Fsp3) is 0.667. The van der Waals surface area contributed by atoms with Crippen molar-refractivity contribution >= 4 is 11.6 Å². The van der Waals surface area contributed by atoms with Crippen molar-refractivity contribution in [3.05, 3.63) is 34.6 Å². The number of halogens is 2. The van der Waals surface area contributed by atoms with E-state index < -0.39 is 0 Å². The fourth-order valence-electron chi connectivity index (χ4n) is 4.30. The molecule has 4 atom stereocenters. The van der Waals surface area contributed by atoms with Crippen molar-refractivity contribution in [1.29, 1.82) is 0 Å². The SMILES string of the molecule is CCOC1CCC2CC(c3ccc(Cl)c(F)c3)CCC2C1. The highest BCUT2D eigenvalue weighted by atomic mass is 35.5. The highest BCUT2D eigenvalue weighted by Gasteiger charge is 2.36. The summed E-state index contributed by atoms with van der Waals surface area (Å²) >= 11 is 5.79. The first kappa shape index (κ1) is 15.3. The second-order valence-corrected chi connectivity index (χ2v) is 7.00. The van der Waals surface area contributed by atoms with Gasteiger partial charge in [0.1, 0.15) is 5.82 Å². The Hall–Kier alpha value is -0.600. The van der Waals surface area contributed by atoms with Crippen LogP contribution in [0.1, 0.15) is 56.9 Å². The zero-order valence-electron chi connectivity index (χ0n) is 12.7. The molecule has 1 nitrogen and oxygen atoms in total. The monoisotopic (exact) mass is 310 g/mol. The van der Waals surface area contributed by atoms with Gasteiger partial charge in [0.15, 0.2) is 0 Å². The Labute approximate surface area is 131 Å². The molecule has 116 valence electrons. The van der Waals surface area contributed by atoms with E-state index >= 15 is 0 Å². The highest BCUT2D eigenvalue weighted by Crippen LogP contribution is 2.46. The number of benzene rings is 1. The Morgan fingerprint density at radius 1 is 1.14 bits per heavy atom. The lowest BCUT2D eigenvalue weighted by atomic mass is 9.65. The highest BCUT2D eigenvalue weighted by molar-refractivity contribution is 6.30. The molecule has 1 aromatic carbocycles. The zero-order chi connectivity index (χ0) is 14.8. The van der Waals surface area contributed by atoms with E-state index in [2.05, 4.69) is 6.92 Å². The van der Waals surface area contributed by atoms with Gasteiger partial charge in [-0.2, -0.15) is 0 Å². The molecular formula is C18H24ClFO. The Morgan fingerprint density at radius 2 is 1.90 bits per heavy atom. The first-order valence-corrected chi connectivity index (χ1v) is 8.61. The zero-order valence-corrected chi connectivity index (χ0v) is 13.4. The van der Waals surface area contributed by atoms with Gasteiger partial charge in [-0.3, -0.25) is 0 Å². The van der Waals surface area contributed by atoms with Gasteiger partial charge in [-0.1, -0.05) is 17.7 Å². The maximum atomic E-state index is 13.7. The van der Waals surface area contributed by atoms with Crippen LogP contribution in [0.4, 0.5) is 4.39 Å². The van der Waals surface area contributed by atoms with Crippen LogP contribution in [0.15, 0.2) is 18.2 Å². The van der Waals surface area contributed by atoms with Gasteiger partial charge in [0.2, 0.25) is 0 Å². The topological polar surface area (TPSA) is 9.23 Å². The van der Waals surface area contributed by atoms with Crippen LogP contribution in [-0.4, -0.2) is 12.7 Å². The van der Waals surface area contributed by atoms with E-state index in [1.807, 2.05) is 6.07 Å². The summed E-state index contributed by atoms with van der Waals surface area (Å²) in [4.78, 5) is 0. The van der Waals surface area contributed by atoms with Gasteiger partial charge in [-0.05, 0) is 80.9 Å². The summed E-state index contributed by atoms with van der Waals surface area (Å²) in [6, 6.07) is 5.34. The van der Waals surface area contributed by atoms with Crippen molar-refractivity contribution in [2.45, 2.75) is 57.5 Å². The van der Waals surface area contributed by atoms with E-state index in [-0.39, 0.29) is 10.8 Å². The molecule has 0 aromatic heterocycles. The molecule has 0 N–H and O–H groups in total. The van der Waals surface area contributed by atoms with Gasteiger partial charge in [0.05, 0.1) is 11.1 Å². The van der Waals surface area contributed by atoms with Crippen LogP contribution in [-0.2, 0) is 4.74 Å².